The van der Waals surface area contributed by atoms with Gasteiger partial charge in [-0.2, -0.15) is 0 Å². The van der Waals surface area contributed by atoms with Gasteiger partial charge < -0.3 is 0 Å². The van der Waals surface area contributed by atoms with E-state index in [1.54, 1.807) is 24.3 Å². The molecule has 0 amide bonds. The monoisotopic (exact) mass is 301 g/mol. The molecule has 0 saturated carbocycles. The molecule has 1 N–H and O–H groups in total. The van der Waals surface area contributed by atoms with Gasteiger partial charge in [0.25, 0.3) is 0 Å². The molecule has 0 heterocycles. The van der Waals surface area contributed by atoms with Crippen LogP contribution < -0.4 is 4.74 Å². The number of aromatic hydroxyl groups is 1. The third-order valence-corrected chi connectivity index (χ3v) is 5.79. The molecule has 77 valence electrons. The van der Waals surface area contributed by atoms with Gasteiger partial charge in [-0.05, 0) is 0 Å². The molecule has 1 rings (SSSR count). The molecule has 3 heteroatoms. The maximum absolute atomic E-state index is 9.05. The quantitative estimate of drug-likeness (QED) is 0.669. The summed E-state index contributed by atoms with van der Waals surface area (Å²) in [5.41, 5.74) is 0. The van der Waals surface area contributed by atoms with Crippen LogP contribution in [0, 0.1) is 0 Å². The van der Waals surface area contributed by atoms with Crippen molar-refractivity contribution in [3.8, 4) is 11.5 Å². The van der Waals surface area contributed by atoms with Gasteiger partial charge in [0.15, 0.2) is 0 Å². The van der Waals surface area contributed by atoms with Gasteiger partial charge in [-0.3, -0.25) is 0 Å². The third kappa shape index (κ3) is 4.74. The molecule has 1 aromatic rings. The molecule has 1 radical (unpaired) electrons. The molecule has 2 nitrogen and oxygen atoms in total. The first kappa shape index (κ1) is 11.7. The number of hydrogen-bond donors (Lipinski definition) is 1. The van der Waals surface area contributed by atoms with Gasteiger partial charge in [0.2, 0.25) is 0 Å². The van der Waals surface area contributed by atoms with E-state index in [4.69, 9.17) is 9.84 Å². The van der Waals surface area contributed by atoms with Crippen molar-refractivity contribution in [1.82, 2.24) is 0 Å². The minimum absolute atomic E-state index is 0.287. The summed E-state index contributed by atoms with van der Waals surface area (Å²) in [7, 11) is 0. The van der Waals surface area contributed by atoms with Crippen molar-refractivity contribution in [2.45, 2.75) is 20.7 Å². The van der Waals surface area contributed by atoms with Crippen LogP contribution in [-0.2, 0) is 0 Å². The molecular weight excluding hydrogens is 283 g/mol. The van der Waals surface area contributed by atoms with Crippen molar-refractivity contribution in [2.24, 2.45) is 0 Å². The van der Waals surface area contributed by atoms with Crippen LogP contribution in [0.5, 0.6) is 11.5 Å². The summed E-state index contributed by atoms with van der Waals surface area (Å²) in [4.78, 5) is 4.81. The Labute approximate surface area is 92.6 Å². The van der Waals surface area contributed by atoms with E-state index in [9.17, 15) is 0 Å². The summed E-state index contributed by atoms with van der Waals surface area (Å²) in [5.74, 6) is 1.13. The van der Waals surface area contributed by atoms with Crippen molar-refractivity contribution < 1.29 is 9.84 Å². The van der Waals surface area contributed by atoms with Gasteiger partial charge in [0.1, 0.15) is 0 Å². The summed E-state index contributed by atoms with van der Waals surface area (Å²) in [6, 6.07) is 6.89. The molecule has 0 spiro atoms. The van der Waals surface area contributed by atoms with Gasteiger partial charge >= 0.3 is 92.7 Å². The molecule has 0 atom stereocenters. The molecule has 0 aromatic heterocycles. The number of benzene rings is 1. The predicted octanol–water partition coefficient (Wildman–Crippen LogP) is 2.92. The first-order chi connectivity index (χ1) is 6.68. The fraction of sp³-hybridized carbons (Fsp3) is 0.455. The first-order valence-electron chi connectivity index (χ1n) is 4.89. The van der Waals surface area contributed by atoms with Gasteiger partial charge in [0, 0.05) is 0 Å². The van der Waals surface area contributed by atoms with E-state index in [2.05, 4.69) is 9.88 Å². The van der Waals surface area contributed by atoms with Crippen LogP contribution in [-0.4, -0.2) is 31.5 Å². The van der Waals surface area contributed by atoms with E-state index in [1.807, 2.05) is 0 Å². The zero-order valence-electron chi connectivity index (χ0n) is 8.79. The number of phenolic OH excluding ortho intramolecular Hbond substituents is 1. The molecule has 0 aliphatic rings. The standard InChI is InChI=1S/C9H11O2.2CH3.Sn/c1-2-7-11-9-5-3-8(10)4-6-9;;;/h3-6,10H,1-2,7H2;2*1H3;. The number of ether oxygens (including phenoxy) is 1. The van der Waals surface area contributed by atoms with Crippen molar-refractivity contribution in [1.29, 1.82) is 0 Å². The summed E-state index contributed by atoms with van der Waals surface area (Å²) in [5, 5.41) is 9.05. The molecular formula is C11H17O2Sn. The van der Waals surface area contributed by atoms with Crippen LogP contribution in [0.2, 0.25) is 14.3 Å². The van der Waals surface area contributed by atoms with Crippen LogP contribution in [0.3, 0.4) is 0 Å². The van der Waals surface area contributed by atoms with Gasteiger partial charge in [-0.1, -0.05) is 0 Å². The molecule has 14 heavy (non-hydrogen) atoms. The normalized spacial score (nSPS) is 10.5. The Kier molecular flexibility index (Phi) is 5.15. The average Bonchev–Trinajstić information content (AvgIpc) is 2.15. The molecule has 0 aliphatic heterocycles. The summed E-state index contributed by atoms with van der Waals surface area (Å²) < 4.78 is 6.92. The average molecular weight is 300 g/mol. The Balaban J connectivity index is 2.21. The Morgan fingerprint density at radius 2 is 1.86 bits per heavy atom. The van der Waals surface area contributed by atoms with Crippen LogP contribution >= 0.6 is 0 Å². The SMILES string of the molecule is [CH3][Sn]([CH3])[CH2]CCOc1ccc(O)cc1. The summed E-state index contributed by atoms with van der Waals surface area (Å²) in [6.07, 6.45) is 1.17. The van der Waals surface area contributed by atoms with Gasteiger partial charge in [-0.25, -0.2) is 0 Å². The van der Waals surface area contributed by atoms with Crippen LogP contribution in [0.25, 0.3) is 0 Å². The second-order valence-corrected chi connectivity index (χ2v) is 12.0. The molecule has 0 bridgehead atoms. The minimum atomic E-state index is -0.906. The van der Waals surface area contributed by atoms with E-state index in [-0.39, 0.29) is 5.75 Å². The fourth-order valence-corrected chi connectivity index (χ4v) is 3.59. The maximum atomic E-state index is 9.05. The van der Waals surface area contributed by atoms with E-state index < -0.39 is 19.8 Å². The zero-order valence-corrected chi connectivity index (χ0v) is 11.6. The van der Waals surface area contributed by atoms with Gasteiger partial charge in [0.05, 0.1) is 0 Å². The fourth-order valence-electron chi connectivity index (χ4n) is 1.16. The van der Waals surface area contributed by atoms with Crippen LogP contribution in [0.4, 0.5) is 0 Å². The zero-order chi connectivity index (χ0) is 10.4. The topological polar surface area (TPSA) is 29.5 Å². The summed E-state index contributed by atoms with van der Waals surface area (Å²) in [6.45, 7) is 0.802. The molecule has 0 fully saturated rings. The Morgan fingerprint density at radius 1 is 1.21 bits per heavy atom. The second kappa shape index (κ2) is 6.17. The van der Waals surface area contributed by atoms with Crippen LogP contribution in [0.15, 0.2) is 24.3 Å². The van der Waals surface area contributed by atoms with Crippen molar-refractivity contribution >= 4 is 19.8 Å². The van der Waals surface area contributed by atoms with E-state index in [0.29, 0.717) is 0 Å². The first-order valence-corrected chi connectivity index (χ1v) is 12.6. The predicted molar refractivity (Wildman–Crippen MR) is 60.5 cm³/mol. The van der Waals surface area contributed by atoms with Crippen molar-refractivity contribution in [2.75, 3.05) is 6.61 Å². The molecule has 0 saturated heterocycles. The van der Waals surface area contributed by atoms with Crippen LogP contribution in [0.1, 0.15) is 6.42 Å². The number of hydrogen-bond acceptors (Lipinski definition) is 2. The second-order valence-electron chi connectivity index (χ2n) is 3.65. The number of rotatable bonds is 5. The van der Waals surface area contributed by atoms with E-state index in [0.717, 1.165) is 12.4 Å². The molecule has 1 aromatic carbocycles. The molecule has 0 unspecified atom stereocenters. The Bertz CT molecular complexity index is 256. The molecule has 0 aliphatic carbocycles. The van der Waals surface area contributed by atoms with Crippen molar-refractivity contribution in [3.63, 3.8) is 0 Å². The number of phenols is 1. The third-order valence-electron chi connectivity index (χ3n) is 1.93. The van der Waals surface area contributed by atoms with Gasteiger partial charge in [-0.15, -0.1) is 0 Å². The van der Waals surface area contributed by atoms with E-state index >= 15 is 0 Å². The Morgan fingerprint density at radius 3 is 2.43 bits per heavy atom. The van der Waals surface area contributed by atoms with Crippen molar-refractivity contribution in [3.05, 3.63) is 24.3 Å². The van der Waals surface area contributed by atoms with E-state index in [1.165, 1.54) is 10.9 Å². The Hall–Kier alpha value is -0.381. The summed E-state index contributed by atoms with van der Waals surface area (Å²) >= 11 is -0.906.